The molecule has 1 aromatic heterocycles. The molecule has 1 heterocycles. The van der Waals surface area contributed by atoms with Gasteiger partial charge in [-0.15, -0.1) is 0 Å². The molecule has 0 aliphatic rings. The summed E-state index contributed by atoms with van der Waals surface area (Å²) in [5, 5.41) is 1.01. The number of hydrogen-bond acceptors (Lipinski definition) is 4. The Morgan fingerprint density at radius 1 is 1.47 bits per heavy atom. The SMILES string of the molecule is CC(=O)Oc1ccc2cnc(Cl)nc2c1. The Balaban J connectivity index is 2.49. The number of benzene rings is 1. The Morgan fingerprint density at radius 3 is 3.00 bits per heavy atom. The maximum Gasteiger partial charge on any atom is 0.308 e. The first-order valence-corrected chi connectivity index (χ1v) is 4.64. The van der Waals surface area contributed by atoms with E-state index in [-0.39, 0.29) is 11.3 Å². The fraction of sp³-hybridized carbons (Fsp3) is 0.100. The van der Waals surface area contributed by atoms with E-state index in [1.807, 2.05) is 0 Å². The van der Waals surface area contributed by atoms with E-state index in [0.29, 0.717) is 11.3 Å². The molecule has 1 aromatic carbocycles. The van der Waals surface area contributed by atoms with Crippen LogP contribution in [0.2, 0.25) is 5.28 Å². The number of carbonyl (C=O) groups excluding carboxylic acids is 1. The van der Waals surface area contributed by atoms with E-state index in [9.17, 15) is 4.79 Å². The average Bonchev–Trinajstić information content (AvgIpc) is 2.16. The molecule has 5 heteroatoms. The highest BCUT2D eigenvalue weighted by Crippen LogP contribution is 2.19. The summed E-state index contributed by atoms with van der Waals surface area (Å²) in [4.78, 5) is 18.6. The lowest BCUT2D eigenvalue weighted by Gasteiger charge is -2.02. The average molecular weight is 223 g/mol. The van der Waals surface area contributed by atoms with Gasteiger partial charge in [-0.05, 0) is 23.7 Å². The number of esters is 1. The first kappa shape index (κ1) is 9.86. The Morgan fingerprint density at radius 2 is 2.27 bits per heavy atom. The van der Waals surface area contributed by atoms with Gasteiger partial charge in [0.05, 0.1) is 5.52 Å². The van der Waals surface area contributed by atoms with Crippen molar-refractivity contribution < 1.29 is 9.53 Å². The molecule has 0 radical (unpaired) electrons. The van der Waals surface area contributed by atoms with Gasteiger partial charge in [-0.1, -0.05) is 0 Å². The van der Waals surface area contributed by atoms with Crippen LogP contribution in [0.15, 0.2) is 24.4 Å². The summed E-state index contributed by atoms with van der Waals surface area (Å²) in [7, 11) is 0. The third-order valence-electron chi connectivity index (χ3n) is 1.79. The maximum atomic E-state index is 10.7. The van der Waals surface area contributed by atoms with Gasteiger partial charge in [0.25, 0.3) is 0 Å². The van der Waals surface area contributed by atoms with Crippen molar-refractivity contribution >= 4 is 28.5 Å². The van der Waals surface area contributed by atoms with Gasteiger partial charge >= 0.3 is 5.97 Å². The second kappa shape index (κ2) is 3.82. The quantitative estimate of drug-likeness (QED) is 0.422. The Kier molecular flexibility index (Phi) is 2.51. The summed E-state index contributed by atoms with van der Waals surface area (Å²) in [5.74, 6) is 0.0827. The molecule has 0 bridgehead atoms. The van der Waals surface area contributed by atoms with Gasteiger partial charge in [0.1, 0.15) is 5.75 Å². The Bertz CT molecular complexity index is 528. The van der Waals surface area contributed by atoms with Gasteiger partial charge in [0.15, 0.2) is 0 Å². The molecule has 0 unspecified atom stereocenters. The predicted molar refractivity (Wildman–Crippen MR) is 55.9 cm³/mol. The van der Waals surface area contributed by atoms with Gasteiger partial charge in [-0.3, -0.25) is 4.79 Å². The number of halogens is 1. The van der Waals surface area contributed by atoms with E-state index >= 15 is 0 Å². The lowest BCUT2D eigenvalue weighted by molar-refractivity contribution is -0.131. The van der Waals surface area contributed by atoms with Crippen molar-refractivity contribution in [1.29, 1.82) is 0 Å². The summed E-state index contributed by atoms with van der Waals surface area (Å²) < 4.78 is 4.92. The molecule has 0 aliphatic carbocycles. The van der Waals surface area contributed by atoms with Gasteiger partial charge < -0.3 is 4.74 Å². The van der Waals surface area contributed by atoms with Crippen LogP contribution < -0.4 is 4.74 Å². The molecule has 2 aromatic rings. The molecular formula is C10H7ClN2O2. The van der Waals surface area contributed by atoms with Crippen molar-refractivity contribution in [3.05, 3.63) is 29.7 Å². The van der Waals surface area contributed by atoms with Crippen LogP contribution in [-0.4, -0.2) is 15.9 Å². The monoisotopic (exact) mass is 222 g/mol. The van der Waals surface area contributed by atoms with Crippen molar-refractivity contribution in [2.24, 2.45) is 0 Å². The summed E-state index contributed by atoms with van der Waals surface area (Å²) >= 11 is 5.65. The van der Waals surface area contributed by atoms with E-state index in [1.54, 1.807) is 24.4 Å². The third-order valence-corrected chi connectivity index (χ3v) is 1.97. The molecule has 2 rings (SSSR count). The number of fused-ring (bicyclic) bond motifs is 1. The molecule has 0 atom stereocenters. The number of hydrogen-bond donors (Lipinski definition) is 0. The molecule has 15 heavy (non-hydrogen) atoms. The minimum absolute atomic E-state index is 0.169. The lowest BCUT2D eigenvalue weighted by Crippen LogP contribution is -2.01. The highest BCUT2D eigenvalue weighted by molar-refractivity contribution is 6.28. The zero-order chi connectivity index (χ0) is 10.8. The van der Waals surface area contributed by atoms with Crippen LogP contribution >= 0.6 is 11.6 Å². The highest BCUT2D eigenvalue weighted by atomic mass is 35.5. The zero-order valence-corrected chi connectivity index (χ0v) is 8.65. The van der Waals surface area contributed by atoms with E-state index in [1.165, 1.54) is 6.92 Å². The van der Waals surface area contributed by atoms with Crippen LogP contribution in [0.3, 0.4) is 0 Å². The molecule has 4 nitrogen and oxygen atoms in total. The van der Waals surface area contributed by atoms with Gasteiger partial charge in [0, 0.05) is 24.6 Å². The summed E-state index contributed by atoms with van der Waals surface area (Å²) in [5.41, 5.74) is 0.647. The molecule has 0 aliphatic heterocycles. The lowest BCUT2D eigenvalue weighted by atomic mass is 10.2. The normalized spacial score (nSPS) is 10.3. The van der Waals surface area contributed by atoms with Gasteiger partial charge in [-0.2, -0.15) is 0 Å². The number of aromatic nitrogens is 2. The smallest absolute Gasteiger partial charge is 0.308 e. The molecule has 0 spiro atoms. The summed E-state index contributed by atoms with van der Waals surface area (Å²) in [6.45, 7) is 1.34. The van der Waals surface area contributed by atoms with Crippen molar-refractivity contribution in [3.63, 3.8) is 0 Å². The summed E-state index contributed by atoms with van der Waals surface area (Å²) in [6.07, 6.45) is 1.61. The Hall–Kier alpha value is -1.68. The maximum absolute atomic E-state index is 10.7. The molecule has 0 amide bonds. The minimum Gasteiger partial charge on any atom is -0.427 e. The number of rotatable bonds is 1. The second-order valence-corrected chi connectivity index (χ2v) is 3.29. The first-order chi connectivity index (χ1) is 7.15. The predicted octanol–water partition coefficient (Wildman–Crippen LogP) is 2.21. The van der Waals surface area contributed by atoms with Crippen LogP contribution in [0.4, 0.5) is 0 Å². The van der Waals surface area contributed by atoms with Crippen molar-refractivity contribution in [2.75, 3.05) is 0 Å². The summed E-state index contributed by atoms with van der Waals surface area (Å²) in [6, 6.07) is 5.09. The standard InChI is InChI=1S/C10H7ClN2O2/c1-6(14)15-8-3-2-7-5-12-10(11)13-9(7)4-8/h2-5H,1H3. The largest absolute Gasteiger partial charge is 0.427 e. The Labute approximate surface area is 90.9 Å². The second-order valence-electron chi connectivity index (χ2n) is 2.95. The first-order valence-electron chi connectivity index (χ1n) is 4.26. The van der Waals surface area contributed by atoms with Crippen LogP contribution in [0.5, 0.6) is 5.75 Å². The van der Waals surface area contributed by atoms with Gasteiger partial charge in [0.2, 0.25) is 5.28 Å². The number of carbonyl (C=O) groups is 1. The molecule has 0 N–H and O–H groups in total. The van der Waals surface area contributed by atoms with Crippen LogP contribution in [0.1, 0.15) is 6.92 Å². The fourth-order valence-corrected chi connectivity index (χ4v) is 1.35. The van der Waals surface area contributed by atoms with E-state index in [2.05, 4.69) is 9.97 Å². The van der Waals surface area contributed by atoms with Crippen LogP contribution in [-0.2, 0) is 4.79 Å². The van der Waals surface area contributed by atoms with Crippen molar-refractivity contribution in [3.8, 4) is 5.75 Å². The molecule has 0 saturated carbocycles. The van der Waals surface area contributed by atoms with Gasteiger partial charge in [-0.25, -0.2) is 9.97 Å². The third kappa shape index (κ3) is 2.22. The molecular weight excluding hydrogens is 216 g/mol. The van der Waals surface area contributed by atoms with E-state index in [0.717, 1.165) is 5.39 Å². The van der Waals surface area contributed by atoms with Crippen molar-refractivity contribution in [2.45, 2.75) is 6.92 Å². The molecule has 0 saturated heterocycles. The zero-order valence-electron chi connectivity index (χ0n) is 7.90. The minimum atomic E-state index is -0.366. The van der Waals surface area contributed by atoms with E-state index in [4.69, 9.17) is 16.3 Å². The topological polar surface area (TPSA) is 52.1 Å². The van der Waals surface area contributed by atoms with Crippen LogP contribution in [0.25, 0.3) is 10.9 Å². The molecule has 76 valence electrons. The molecule has 0 fully saturated rings. The van der Waals surface area contributed by atoms with Crippen molar-refractivity contribution in [1.82, 2.24) is 9.97 Å². The highest BCUT2D eigenvalue weighted by Gasteiger charge is 2.02. The fourth-order valence-electron chi connectivity index (χ4n) is 1.21. The van der Waals surface area contributed by atoms with Crippen LogP contribution in [0, 0.1) is 0 Å². The number of ether oxygens (including phenoxy) is 1. The van der Waals surface area contributed by atoms with E-state index < -0.39 is 0 Å². The number of nitrogens with zero attached hydrogens (tertiary/aromatic N) is 2.